The molecule has 1 aromatic carbocycles. The summed E-state index contributed by atoms with van der Waals surface area (Å²) in [6.07, 6.45) is 7.19. The molecule has 0 amide bonds. The second-order valence-corrected chi connectivity index (χ2v) is 6.19. The Balaban J connectivity index is 1.88. The molecule has 22 heavy (non-hydrogen) atoms. The molecule has 1 aromatic rings. The minimum atomic E-state index is -0.209. The van der Waals surface area contributed by atoms with Gasteiger partial charge in [-0.25, -0.2) is 4.39 Å². The number of nitrogens with zero attached hydrogens (tertiary/aromatic N) is 1. The normalized spacial score (nSPS) is 23.2. The summed E-state index contributed by atoms with van der Waals surface area (Å²) in [5.41, 5.74) is 0.976. The lowest BCUT2D eigenvalue weighted by atomic mass is 9.78. The summed E-state index contributed by atoms with van der Waals surface area (Å²) in [5, 5.41) is 9.78. The van der Waals surface area contributed by atoms with Gasteiger partial charge >= 0.3 is 0 Å². The maximum atomic E-state index is 12.9. The molecule has 1 aliphatic rings. The largest absolute Gasteiger partial charge is 0.396 e. The van der Waals surface area contributed by atoms with Crippen molar-refractivity contribution in [3.63, 3.8) is 0 Å². The molecule has 3 nitrogen and oxygen atoms in total. The number of likely N-dealkylation sites (tertiary alicyclic amines) is 1. The lowest BCUT2D eigenvalue weighted by Gasteiger charge is -2.41. The molecule has 2 rings (SSSR count). The van der Waals surface area contributed by atoms with E-state index in [4.69, 9.17) is 4.74 Å². The van der Waals surface area contributed by atoms with Crippen molar-refractivity contribution < 1.29 is 14.2 Å². The second-order valence-electron chi connectivity index (χ2n) is 6.19. The molecule has 0 radical (unpaired) electrons. The average Bonchev–Trinajstić information content (AvgIpc) is 2.55. The molecule has 0 saturated carbocycles. The summed E-state index contributed by atoms with van der Waals surface area (Å²) in [7, 11) is 1.71. The van der Waals surface area contributed by atoms with Crippen LogP contribution in [0.1, 0.15) is 24.8 Å². The van der Waals surface area contributed by atoms with Gasteiger partial charge in [0.15, 0.2) is 0 Å². The van der Waals surface area contributed by atoms with E-state index in [2.05, 4.69) is 11.0 Å². The predicted molar refractivity (Wildman–Crippen MR) is 87.1 cm³/mol. The Morgan fingerprint density at radius 3 is 2.82 bits per heavy atom. The first-order valence-electron chi connectivity index (χ1n) is 7.92. The number of ether oxygens (including phenoxy) is 1. The molecule has 1 atom stereocenters. The third-order valence-corrected chi connectivity index (χ3v) is 4.46. The maximum Gasteiger partial charge on any atom is 0.123 e. The molecule has 0 aliphatic carbocycles. The average molecular weight is 307 g/mol. The van der Waals surface area contributed by atoms with E-state index in [1.54, 1.807) is 19.2 Å². The minimum Gasteiger partial charge on any atom is -0.396 e. The fourth-order valence-corrected chi connectivity index (χ4v) is 3.11. The van der Waals surface area contributed by atoms with Gasteiger partial charge < -0.3 is 9.84 Å². The first-order chi connectivity index (χ1) is 10.7. The van der Waals surface area contributed by atoms with Crippen LogP contribution in [0.3, 0.4) is 0 Å². The van der Waals surface area contributed by atoms with E-state index in [-0.39, 0.29) is 17.8 Å². The number of halogens is 1. The number of rotatable bonds is 7. The number of piperidine rings is 1. The van der Waals surface area contributed by atoms with Gasteiger partial charge in [0.2, 0.25) is 0 Å². The summed E-state index contributed by atoms with van der Waals surface area (Å²) in [5.74, 6) is -0.209. The molecule has 1 N–H and O–H groups in total. The summed E-state index contributed by atoms with van der Waals surface area (Å²) in [6, 6.07) is 6.50. The van der Waals surface area contributed by atoms with Gasteiger partial charge in [0.25, 0.3) is 0 Å². The van der Waals surface area contributed by atoms with Crippen molar-refractivity contribution in [3.05, 3.63) is 41.7 Å². The SMILES string of the molecule is COCC[C@@]1(CO)CCCN(C/C=C/c2ccc(F)cc2)C1. The van der Waals surface area contributed by atoms with Crippen LogP contribution < -0.4 is 0 Å². The highest BCUT2D eigenvalue weighted by Crippen LogP contribution is 2.33. The van der Waals surface area contributed by atoms with Gasteiger partial charge in [0, 0.05) is 32.2 Å². The highest BCUT2D eigenvalue weighted by Gasteiger charge is 2.34. The maximum absolute atomic E-state index is 12.9. The van der Waals surface area contributed by atoms with Gasteiger partial charge in [-0.3, -0.25) is 4.90 Å². The molecule has 1 heterocycles. The fourth-order valence-electron chi connectivity index (χ4n) is 3.11. The van der Waals surface area contributed by atoms with Crippen LogP contribution in [0.25, 0.3) is 6.08 Å². The van der Waals surface area contributed by atoms with E-state index in [0.29, 0.717) is 6.61 Å². The Labute approximate surface area is 132 Å². The van der Waals surface area contributed by atoms with E-state index >= 15 is 0 Å². The first kappa shape index (κ1) is 17.1. The Morgan fingerprint density at radius 1 is 1.36 bits per heavy atom. The van der Waals surface area contributed by atoms with Gasteiger partial charge in [0.1, 0.15) is 5.82 Å². The number of benzene rings is 1. The third kappa shape index (κ3) is 4.90. The van der Waals surface area contributed by atoms with E-state index in [0.717, 1.165) is 44.5 Å². The molecule has 4 heteroatoms. The fraction of sp³-hybridized carbons (Fsp3) is 0.556. The molecule has 0 unspecified atom stereocenters. The zero-order valence-corrected chi connectivity index (χ0v) is 13.3. The van der Waals surface area contributed by atoms with Crippen molar-refractivity contribution in [3.8, 4) is 0 Å². The van der Waals surface area contributed by atoms with E-state index < -0.39 is 0 Å². The Hall–Kier alpha value is -1.23. The van der Waals surface area contributed by atoms with Crippen LogP contribution in [0.15, 0.2) is 30.3 Å². The van der Waals surface area contributed by atoms with Gasteiger partial charge in [-0.05, 0) is 43.5 Å². The van der Waals surface area contributed by atoms with Crippen molar-refractivity contribution in [2.75, 3.05) is 40.0 Å². The van der Waals surface area contributed by atoms with Crippen LogP contribution in [0.4, 0.5) is 4.39 Å². The lowest BCUT2D eigenvalue weighted by Crippen LogP contribution is -2.45. The van der Waals surface area contributed by atoms with Crippen LogP contribution in [-0.4, -0.2) is 50.0 Å². The zero-order chi connectivity index (χ0) is 15.8. The van der Waals surface area contributed by atoms with Crippen molar-refractivity contribution in [1.82, 2.24) is 4.90 Å². The summed E-state index contributed by atoms with van der Waals surface area (Å²) >= 11 is 0. The number of aliphatic hydroxyl groups is 1. The van der Waals surface area contributed by atoms with E-state index in [1.807, 2.05) is 6.08 Å². The number of methoxy groups -OCH3 is 1. The van der Waals surface area contributed by atoms with Crippen molar-refractivity contribution >= 4 is 6.08 Å². The van der Waals surface area contributed by atoms with Gasteiger partial charge in [-0.15, -0.1) is 0 Å². The molecule has 0 spiro atoms. The van der Waals surface area contributed by atoms with Gasteiger partial charge in [-0.2, -0.15) is 0 Å². The Bertz CT molecular complexity index is 474. The first-order valence-corrected chi connectivity index (χ1v) is 7.92. The van der Waals surface area contributed by atoms with Crippen LogP contribution in [0.2, 0.25) is 0 Å². The quantitative estimate of drug-likeness (QED) is 0.840. The molecule has 1 aliphatic heterocycles. The highest BCUT2D eigenvalue weighted by molar-refractivity contribution is 5.48. The third-order valence-electron chi connectivity index (χ3n) is 4.46. The van der Waals surface area contributed by atoms with Crippen LogP contribution >= 0.6 is 0 Å². The van der Waals surface area contributed by atoms with Crippen molar-refractivity contribution in [2.45, 2.75) is 19.3 Å². The molecule has 0 bridgehead atoms. The van der Waals surface area contributed by atoms with E-state index in [9.17, 15) is 9.50 Å². The standard InChI is InChI=1S/C18H26FNO2/c1-22-13-10-18(15-21)9-3-12-20(14-18)11-2-4-16-5-7-17(19)8-6-16/h2,4-8,21H,3,9-15H2,1H3/b4-2+/t18-/m0/s1. The number of aliphatic hydroxyl groups excluding tert-OH is 1. The van der Waals surface area contributed by atoms with Gasteiger partial charge in [0.05, 0.1) is 6.61 Å². The van der Waals surface area contributed by atoms with Crippen molar-refractivity contribution in [2.24, 2.45) is 5.41 Å². The topological polar surface area (TPSA) is 32.7 Å². The molecular weight excluding hydrogens is 281 g/mol. The summed E-state index contributed by atoms with van der Waals surface area (Å²) in [4.78, 5) is 2.37. The predicted octanol–water partition coefficient (Wildman–Crippen LogP) is 2.95. The number of hydrogen-bond donors (Lipinski definition) is 1. The summed E-state index contributed by atoms with van der Waals surface area (Å²) < 4.78 is 18.0. The zero-order valence-electron chi connectivity index (χ0n) is 13.3. The smallest absolute Gasteiger partial charge is 0.123 e. The van der Waals surface area contributed by atoms with Gasteiger partial charge in [-0.1, -0.05) is 24.3 Å². The second kappa shape index (κ2) is 8.42. The monoisotopic (exact) mass is 307 g/mol. The molecular formula is C18H26FNO2. The minimum absolute atomic E-state index is 0.0298. The van der Waals surface area contributed by atoms with Crippen molar-refractivity contribution in [1.29, 1.82) is 0 Å². The van der Waals surface area contributed by atoms with Crippen LogP contribution in [0, 0.1) is 11.2 Å². The van der Waals surface area contributed by atoms with Crippen LogP contribution in [-0.2, 0) is 4.74 Å². The lowest BCUT2D eigenvalue weighted by molar-refractivity contribution is 0.0115. The molecule has 0 aromatic heterocycles. The Kier molecular flexibility index (Phi) is 6.55. The number of hydrogen-bond acceptors (Lipinski definition) is 3. The molecule has 1 fully saturated rings. The van der Waals surface area contributed by atoms with E-state index in [1.165, 1.54) is 12.1 Å². The molecule has 1 saturated heterocycles. The molecule has 122 valence electrons. The summed E-state index contributed by atoms with van der Waals surface area (Å²) in [6.45, 7) is 3.73. The Morgan fingerprint density at radius 2 is 2.14 bits per heavy atom. The highest BCUT2D eigenvalue weighted by atomic mass is 19.1. The van der Waals surface area contributed by atoms with Crippen LogP contribution in [0.5, 0.6) is 0 Å².